The number of hydrogen-bond acceptors (Lipinski definition) is 6. The van der Waals surface area contributed by atoms with E-state index in [4.69, 9.17) is 9.47 Å². The predicted octanol–water partition coefficient (Wildman–Crippen LogP) is 5.76. The molecular weight excluding hydrogens is 633 g/mol. The molecule has 48 heavy (non-hydrogen) atoms. The Balaban J connectivity index is 1.81. The molecule has 254 valence electrons. The first-order chi connectivity index (χ1) is 22.9. The molecule has 4 aromatic rings. The van der Waals surface area contributed by atoms with Crippen LogP contribution < -0.4 is 19.1 Å². The number of aryl methyl sites for hydroxylation is 1. The van der Waals surface area contributed by atoms with E-state index in [0.717, 1.165) is 15.4 Å². The highest BCUT2D eigenvalue weighted by molar-refractivity contribution is 7.92. The molecule has 0 saturated carbocycles. The van der Waals surface area contributed by atoms with E-state index in [1.165, 1.54) is 49.5 Å². The van der Waals surface area contributed by atoms with E-state index in [1.807, 2.05) is 51.1 Å². The van der Waals surface area contributed by atoms with Crippen molar-refractivity contribution >= 4 is 27.5 Å². The minimum absolute atomic E-state index is 0.0656. The third-order valence-corrected chi connectivity index (χ3v) is 9.54. The summed E-state index contributed by atoms with van der Waals surface area (Å²) in [5.41, 5.74) is 2.54. The van der Waals surface area contributed by atoms with Crippen LogP contribution in [0.5, 0.6) is 11.5 Å². The summed E-state index contributed by atoms with van der Waals surface area (Å²) in [4.78, 5) is 29.7. The summed E-state index contributed by atoms with van der Waals surface area (Å²) < 4.78 is 54.3. The fraction of sp³-hybridized carbons (Fsp3) is 0.297. The highest BCUT2D eigenvalue weighted by Gasteiger charge is 2.35. The van der Waals surface area contributed by atoms with Gasteiger partial charge in [-0.2, -0.15) is 0 Å². The molecule has 4 rings (SSSR count). The molecule has 0 aliphatic rings. The Bertz CT molecular complexity index is 1780. The Morgan fingerprint density at radius 1 is 0.833 bits per heavy atom. The maximum absolute atomic E-state index is 14.6. The van der Waals surface area contributed by atoms with Gasteiger partial charge in [-0.3, -0.25) is 13.9 Å². The van der Waals surface area contributed by atoms with Gasteiger partial charge in [0.05, 0.1) is 24.8 Å². The third-order valence-electron chi connectivity index (χ3n) is 7.77. The zero-order valence-corrected chi connectivity index (χ0v) is 28.7. The molecule has 0 radical (unpaired) electrons. The topological polar surface area (TPSA) is 105 Å². The molecule has 0 aliphatic carbocycles. The van der Waals surface area contributed by atoms with E-state index in [0.29, 0.717) is 17.9 Å². The second-order valence-corrected chi connectivity index (χ2v) is 13.7. The largest absolute Gasteiger partial charge is 0.493 e. The highest BCUT2D eigenvalue weighted by Crippen LogP contribution is 2.32. The number of carbonyl (C=O) groups excluding carboxylic acids is 2. The average Bonchev–Trinajstić information content (AvgIpc) is 3.08. The van der Waals surface area contributed by atoms with Crippen molar-refractivity contribution in [2.75, 3.05) is 31.6 Å². The molecule has 0 aliphatic heterocycles. The van der Waals surface area contributed by atoms with Crippen LogP contribution in [0.3, 0.4) is 0 Å². The van der Waals surface area contributed by atoms with Crippen LogP contribution in [0.25, 0.3) is 0 Å². The Hall–Kier alpha value is -4.90. The molecule has 2 amide bonds. The molecule has 0 fully saturated rings. The van der Waals surface area contributed by atoms with Crippen LogP contribution in [0.15, 0.2) is 102 Å². The molecule has 1 atom stereocenters. The van der Waals surface area contributed by atoms with Gasteiger partial charge in [-0.05, 0) is 60.4 Å². The van der Waals surface area contributed by atoms with E-state index < -0.39 is 34.3 Å². The van der Waals surface area contributed by atoms with Crippen molar-refractivity contribution in [2.24, 2.45) is 5.92 Å². The normalized spacial score (nSPS) is 11.9. The summed E-state index contributed by atoms with van der Waals surface area (Å²) in [6.45, 7) is 5.49. The standard InChI is InChI=1S/C37H42FN3O6S/c1-26(2)23-39-37(43)33(21-28-9-7-6-8-10-28)40(24-29-13-15-30(38)16-14-29)36(42)25-41(31-17-11-27(3)12-18-31)48(44,45)32-19-20-34(46-4)35(22-32)47-5/h6-20,22,26,33H,21,23-25H2,1-5H3,(H,39,43)/t33-/m0/s1. The first-order valence-electron chi connectivity index (χ1n) is 15.6. The lowest BCUT2D eigenvalue weighted by atomic mass is 10.0. The molecule has 0 heterocycles. The number of rotatable bonds is 15. The average molecular weight is 676 g/mol. The minimum atomic E-state index is -4.36. The maximum Gasteiger partial charge on any atom is 0.264 e. The summed E-state index contributed by atoms with van der Waals surface area (Å²) in [6, 6.07) is 24.9. The fourth-order valence-corrected chi connectivity index (χ4v) is 6.54. The zero-order valence-electron chi connectivity index (χ0n) is 27.9. The molecule has 4 aromatic carbocycles. The molecule has 0 bridgehead atoms. The van der Waals surface area contributed by atoms with Crippen LogP contribution in [-0.4, -0.2) is 58.5 Å². The number of carbonyl (C=O) groups is 2. The van der Waals surface area contributed by atoms with Crippen LogP contribution >= 0.6 is 0 Å². The van der Waals surface area contributed by atoms with Crippen molar-refractivity contribution in [3.8, 4) is 11.5 Å². The van der Waals surface area contributed by atoms with Gasteiger partial charge in [0.2, 0.25) is 11.8 Å². The summed E-state index contributed by atoms with van der Waals surface area (Å²) in [5.74, 6) is -0.750. The van der Waals surface area contributed by atoms with E-state index >= 15 is 0 Å². The first-order valence-corrected chi connectivity index (χ1v) is 17.0. The highest BCUT2D eigenvalue weighted by atomic mass is 32.2. The van der Waals surface area contributed by atoms with E-state index in [1.54, 1.807) is 36.4 Å². The van der Waals surface area contributed by atoms with Gasteiger partial charge in [0, 0.05) is 25.6 Å². The van der Waals surface area contributed by atoms with Crippen LogP contribution in [0.4, 0.5) is 10.1 Å². The van der Waals surface area contributed by atoms with Gasteiger partial charge in [0.25, 0.3) is 10.0 Å². The number of ether oxygens (including phenoxy) is 2. The Labute approximate surface area is 282 Å². The molecule has 0 unspecified atom stereocenters. The monoisotopic (exact) mass is 675 g/mol. The van der Waals surface area contributed by atoms with Crippen molar-refractivity contribution in [3.05, 3.63) is 120 Å². The second kappa shape index (κ2) is 16.3. The number of methoxy groups -OCH3 is 2. The fourth-order valence-electron chi connectivity index (χ4n) is 5.11. The number of halogens is 1. The summed E-state index contributed by atoms with van der Waals surface area (Å²) in [5, 5.41) is 2.95. The van der Waals surface area contributed by atoms with Gasteiger partial charge in [-0.25, -0.2) is 12.8 Å². The smallest absolute Gasteiger partial charge is 0.264 e. The van der Waals surface area contributed by atoms with Crippen LogP contribution in [-0.2, 0) is 32.6 Å². The molecule has 0 saturated heterocycles. The van der Waals surface area contributed by atoms with Crippen LogP contribution in [0.2, 0.25) is 0 Å². The quantitative estimate of drug-likeness (QED) is 0.172. The van der Waals surface area contributed by atoms with Crippen LogP contribution in [0.1, 0.15) is 30.5 Å². The van der Waals surface area contributed by atoms with Crippen LogP contribution in [0, 0.1) is 18.7 Å². The van der Waals surface area contributed by atoms with Gasteiger partial charge in [-0.1, -0.05) is 74.0 Å². The number of hydrogen-bond donors (Lipinski definition) is 1. The second-order valence-electron chi connectivity index (χ2n) is 11.9. The SMILES string of the molecule is COc1ccc(S(=O)(=O)N(CC(=O)N(Cc2ccc(F)cc2)[C@@H](Cc2ccccc2)C(=O)NCC(C)C)c2ccc(C)cc2)cc1OC. The molecule has 9 nitrogen and oxygen atoms in total. The Morgan fingerprint density at radius 3 is 2.08 bits per heavy atom. The van der Waals surface area contributed by atoms with Gasteiger partial charge in [0.1, 0.15) is 18.4 Å². The minimum Gasteiger partial charge on any atom is -0.493 e. The summed E-state index contributed by atoms with van der Waals surface area (Å²) >= 11 is 0. The molecular formula is C37H42FN3O6S. The predicted molar refractivity (Wildman–Crippen MR) is 184 cm³/mol. The Morgan fingerprint density at radius 2 is 1.48 bits per heavy atom. The lowest BCUT2D eigenvalue weighted by molar-refractivity contribution is -0.140. The zero-order chi connectivity index (χ0) is 34.8. The maximum atomic E-state index is 14.6. The first kappa shape index (κ1) is 35.9. The van der Waals surface area contributed by atoms with Crippen molar-refractivity contribution in [3.63, 3.8) is 0 Å². The Kier molecular flexibility index (Phi) is 12.2. The van der Waals surface area contributed by atoms with Crippen molar-refractivity contribution in [1.29, 1.82) is 0 Å². The third kappa shape index (κ3) is 9.13. The number of nitrogens with zero attached hydrogens (tertiary/aromatic N) is 2. The van der Waals surface area contributed by atoms with Gasteiger partial charge in [-0.15, -0.1) is 0 Å². The lowest BCUT2D eigenvalue weighted by Gasteiger charge is -2.34. The number of nitrogens with one attached hydrogen (secondary N) is 1. The van der Waals surface area contributed by atoms with Crippen molar-refractivity contribution < 1.29 is 31.9 Å². The van der Waals surface area contributed by atoms with E-state index in [2.05, 4.69) is 5.32 Å². The summed E-state index contributed by atoms with van der Waals surface area (Å²) in [7, 11) is -1.51. The van der Waals surface area contributed by atoms with Gasteiger partial charge < -0.3 is 19.7 Å². The number of benzene rings is 4. The number of sulfonamides is 1. The lowest BCUT2D eigenvalue weighted by Crippen LogP contribution is -2.53. The van der Waals surface area contributed by atoms with E-state index in [-0.39, 0.29) is 41.1 Å². The molecule has 0 aromatic heterocycles. The van der Waals surface area contributed by atoms with Gasteiger partial charge >= 0.3 is 0 Å². The van der Waals surface area contributed by atoms with Crippen molar-refractivity contribution in [1.82, 2.24) is 10.2 Å². The number of amides is 2. The van der Waals surface area contributed by atoms with Gasteiger partial charge in [0.15, 0.2) is 11.5 Å². The molecule has 1 N–H and O–H groups in total. The molecule has 0 spiro atoms. The van der Waals surface area contributed by atoms with Crippen molar-refractivity contribution in [2.45, 2.75) is 44.7 Å². The molecule has 11 heteroatoms. The number of anilines is 1. The summed E-state index contributed by atoms with van der Waals surface area (Å²) in [6.07, 6.45) is 0.171. The van der Waals surface area contributed by atoms with E-state index in [9.17, 15) is 22.4 Å².